The maximum absolute atomic E-state index is 5.54. The second-order valence-corrected chi connectivity index (χ2v) is 6.54. The minimum Gasteiger partial charge on any atom is -0.493 e. The lowest BCUT2D eigenvalue weighted by Gasteiger charge is -2.40. The highest BCUT2D eigenvalue weighted by atomic mass is 32.2. The number of hydrogen-bond acceptors (Lipinski definition) is 4. The Labute approximate surface area is 126 Å². The summed E-state index contributed by atoms with van der Waals surface area (Å²) in [5, 5.41) is 3.58. The predicted octanol–water partition coefficient (Wildman–Crippen LogP) is 3.47. The lowest BCUT2D eigenvalue weighted by atomic mass is 9.84. The molecule has 1 aliphatic rings. The molecule has 0 aromatic heterocycles. The fourth-order valence-electron chi connectivity index (χ4n) is 2.56. The molecule has 0 amide bonds. The molecule has 0 atom stereocenters. The summed E-state index contributed by atoms with van der Waals surface area (Å²) < 4.78 is 11.4. The minimum absolute atomic E-state index is 0.481. The first-order valence-electron chi connectivity index (χ1n) is 7.28. The molecule has 4 heteroatoms. The molecule has 1 aliphatic carbocycles. The van der Waals surface area contributed by atoms with Gasteiger partial charge in [-0.3, -0.25) is 0 Å². The Balaban J connectivity index is 1.89. The first-order chi connectivity index (χ1) is 9.73. The van der Waals surface area contributed by atoms with Crippen molar-refractivity contribution in [3.63, 3.8) is 0 Å². The molecule has 0 saturated heterocycles. The Morgan fingerprint density at radius 2 is 2.10 bits per heavy atom. The highest BCUT2D eigenvalue weighted by Gasteiger charge is 2.35. The molecule has 20 heavy (non-hydrogen) atoms. The van der Waals surface area contributed by atoms with Crippen LogP contribution in [0.2, 0.25) is 0 Å². The summed E-state index contributed by atoms with van der Waals surface area (Å²) in [5.41, 5.74) is 1.24. The van der Waals surface area contributed by atoms with Gasteiger partial charge in [0.1, 0.15) is 0 Å². The van der Waals surface area contributed by atoms with Gasteiger partial charge < -0.3 is 14.8 Å². The van der Waals surface area contributed by atoms with E-state index in [2.05, 4.69) is 23.7 Å². The van der Waals surface area contributed by atoms with Crippen molar-refractivity contribution in [3.8, 4) is 11.5 Å². The van der Waals surface area contributed by atoms with Crippen LogP contribution in [0.1, 0.15) is 31.7 Å². The van der Waals surface area contributed by atoms with Gasteiger partial charge in [-0.2, -0.15) is 11.8 Å². The smallest absolute Gasteiger partial charge is 0.161 e. The molecule has 0 bridgehead atoms. The van der Waals surface area contributed by atoms with Crippen molar-refractivity contribution in [2.45, 2.75) is 37.5 Å². The summed E-state index contributed by atoms with van der Waals surface area (Å²) >= 11 is 2.00. The fraction of sp³-hybridized carbons (Fsp3) is 0.625. The molecule has 1 fully saturated rings. The molecule has 1 aromatic carbocycles. The van der Waals surface area contributed by atoms with Crippen molar-refractivity contribution in [2.24, 2.45) is 0 Å². The molecule has 1 saturated carbocycles. The van der Waals surface area contributed by atoms with Crippen LogP contribution >= 0.6 is 11.8 Å². The van der Waals surface area contributed by atoms with E-state index in [0.717, 1.165) is 24.6 Å². The summed E-state index contributed by atoms with van der Waals surface area (Å²) in [5.74, 6) is 1.63. The van der Waals surface area contributed by atoms with Gasteiger partial charge in [-0.05, 0) is 43.7 Å². The van der Waals surface area contributed by atoms with Crippen LogP contribution in [0.4, 0.5) is 0 Å². The Morgan fingerprint density at radius 3 is 2.65 bits per heavy atom. The van der Waals surface area contributed by atoms with Gasteiger partial charge in [0.05, 0.1) is 13.7 Å². The van der Waals surface area contributed by atoms with Gasteiger partial charge in [0.2, 0.25) is 0 Å². The largest absolute Gasteiger partial charge is 0.493 e. The highest BCUT2D eigenvalue weighted by molar-refractivity contribution is 8.00. The maximum Gasteiger partial charge on any atom is 0.161 e. The summed E-state index contributed by atoms with van der Waals surface area (Å²) in [6.07, 6.45) is 6.28. The molecule has 0 radical (unpaired) electrons. The zero-order valence-corrected chi connectivity index (χ0v) is 13.5. The van der Waals surface area contributed by atoms with Crippen LogP contribution in [0.15, 0.2) is 18.2 Å². The quantitative estimate of drug-likeness (QED) is 0.795. The average molecular weight is 295 g/mol. The minimum atomic E-state index is 0.481. The molecule has 0 unspecified atom stereocenters. The van der Waals surface area contributed by atoms with Crippen molar-refractivity contribution in [1.82, 2.24) is 5.32 Å². The number of rotatable bonds is 8. The van der Waals surface area contributed by atoms with Gasteiger partial charge in [-0.15, -0.1) is 0 Å². The molecular weight excluding hydrogens is 270 g/mol. The van der Waals surface area contributed by atoms with E-state index in [-0.39, 0.29) is 0 Å². The molecule has 1 N–H and O–H groups in total. The average Bonchev–Trinajstić information content (AvgIpc) is 2.43. The van der Waals surface area contributed by atoms with E-state index >= 15 is 0 Å². The van der Waals surface area contributed by atoms with E-state index in [4.69, 9.17) is 9.47 Å². The lowest BCUT2D eigenvalue weighted by Crippen LogP contribution is -2.43. The van der Waals surface area contributed by atoms with Crippen molar-refractivity contribution >= 4 is 11.8 Å². The molecule has 3 nitrogen and oxygen atoms in total. The van der Waals surface area contributed by atoms with Gasteiger partial charge >= 0.3 is 0 Å². The monoisotopic (exact) mass is 295 g/mol. The third-order valence-electron chi connectivity index (χ3n) is 4.00. The van der Waals surface area contributed by atoms with E-state index in [1.807, 2.05) is 24.8 Å². The summed E-state index contributed by atoms with van der Waals surface area (Å²) in [6.45, 7) is 4.61. The first-order valence-corrected chi connectivity index (χ1v) is 8.51. The number of hydrogen-bond donors (Lipinski definition) is 1. The zero-order chi connectivity index (χ0) is 14.4. The maximum atomic E-state index is 5.54. The second kappa shape index (κ2) is 7.23. The van der Waals surface area contributed by atoms with Crippen molar-refractivity contribution in [3.05, 3.63) is 23.8 Å². The molecule has 1 aromatic rings. The molecule has 112 valence electrons. The lowest BCUT2D eigenvalue weighted by molar-refractivity contribution is 0.310. The van der Waals surface area contributed by atoms with Gasteiger partial charge in [0, 0.05) is 17.8 Å². The van der Waals surface area contributed by atoms with E-state index < -0.39 is 0 Å². The van der Waals surface area contributed by atoms with Crippen LogP contribution in [0, 0.1) is 0 Å². The summed E-state index contributed by atoms with van der Waals surface area (Å²) in [6, 6.07) is 6.16. The predicted molar refractivity (Wildman–Crippen MR) is 86.0 cm³/mol. The van der Waals surface area contributed by atoms with Crippen LogP contribution in [-0.4, -0.2) is 31.3 Å². The topological polar surface area (TPSA) is 30.5 Å². The highest BCUT2D eigenvalue weighted by Crippen LogP contribution is 2.42. The molecule has 0 spiro atoms. The Hall–Kier alpha value is -0.870. The number of thioether (sulfide) groups is 1. The number of ether oxygens (including phenoxy) is 2. The first kappa shape index (κ1) is 15.5. The zero-order valence-electron chi connectivity index (χ0n) is 12.7. The fourth-order valence-corrected chi connectivity index (χ4v) is 3.50. The summed E-state index contributed by atoms with van der Waals surface area (Å²) in [4.78, 5) is 0. The number of nitrogens with one attached hydrogen (secondary N) is 1. The molecule has 2 rings (SSSR count). The normalized spacial score (nSPS) is 16.6. The van der Waals surface area contributed by atoms with Gasteiger partial charge in [0.25, 0.3) is 0 Å². The van der Waals surface area contributed by atoms with E-state index in [9.17, 15) is 0 Å². The molecular formula is C16H25NO2S. The Bertz CT molecular complexity index is 427. The standard InChI is InChI=1S/C16H25NO2S/c1-4-19-14-7-6-13(10-15(14)18-2)11-17-12-16(20-3)8-5-9-16/h6-7,10,17H,4-5,8-9,11-12H2,1-3H3. The van der Waals surface area contributed by atoms with Crippen LogP contribution in [0.25, 0.3) is 0 Å². The van der Waals surface area contributed by atoms with Gasteiger partial charge in [-0.1, -0.05) is 12.5 Å². The summed E-state index contributed by atoms with van der Waals surface area (Å²) in [7, 11) is 1.69. The molecule has 0 heterocycles. The molecule has 0 aliphatic heterocycles. The third kappa shape index (κ3) is 3.61. The van der Waals surface area contributed by atoms with Gasteiger partial charge in [-0.25, -0.2) is 0 Å². The van der Waals surface area contributed by atoms with Crippen molar-refractivity contribution < 1.29 is 9.47 Å². The van der Waals surface area contributed by atoms with Crippen LogP contribution in [0.5, 0.6) is 11.5 Å². The Morgan fingerprint density at radius 1 is 1.30 bits per heavy atom. The second-order valence-electron chi connectivity index (χ2n) is 5.26. The van der Waals surface area contributed by atoms with Crippen molar-refractivity contribution in [1.29, 1.82) is 0 Å². The van der Waals surface area contributed by atoms with E-state index in [1.165, 1.54) is 24.8 Å². The SMILES string of the molecule is CCOc1ccc(CNCC2(SC)CCC2)cc1OC. The van der Waals surface area contributed by atoms with E-state index in [0.29, 0.717) is 11.4 Å². The Kier molecular flexibility index (Phi) is 5.61. The van der Waals surface area contributed by atoms with Crippen LogP contribution in [-0.2, 0) is 6.54 Å². The van der Waals surface area contributed by atoms with Gasteiger partial charge in [0.15, 0.2) is 11.5 Å². The van der Waals surface area contributed by atoms with Crippen molar-refractivity contribution in [2.75, 3.05) is 26.5 Å². The van der Waals surface area contributed by atoms with Crippen LogP contribution in [0.3, 0.4) is 0 Å². The van der Waals surface area contributed by atoms with E-state index in [1.54, 1.807) is 7.11 Å². The van der Waals surface area contributed by atoms with Crippen LogP contribution < -0.4 is 14.8 Å². The number of methoxy groups -OCH3 is 1. The number of benzene rings is 1. The third-order valence-corrected chi connectivity index (χ3v) is 5.42.